The van der Waals surface area contributed by atoms with Gasteiger partial charge in [-0.1, -0.05) is 48.5 Å². The number of hydrogen-bond acceptors (Lipinski definition) is 3. The molecular formula is C21H18BrN3O2. The van der Waals surface area contributed by atoms with Crippen molar-refractivity contribution in [2.45, 2.75) is 13.3 Å². The molecule has 0 saturated carbocycles. The van der Waals surface area contributed by atoms with Crippen LogP contribution >= 0.6 is 15.9 Å². The molecule has 0 fully saturated rings. The fraction of sp³-hybridized carbons (Fsp3) is 0.0952. The second-order valence-corrected chi connectivity index (χ2v) is 6.87. The van der Waals surface area contributed by atoms with Gasteiger partial charge in [0.15, 0.2) is 0 Å². The van der Waals surface area contributed by atoms with Crippen LogP contribution < -0.4 is 10.7 Å². The Morgan fingerprint density at radius 3 is 2.48 bits per heavy atom. The Labute approximate surface area is 165 Å². The van der Waals surface area contributed by atoms with E-state index in [4.69, 9.17) is 0 Å². The number of halogens is 1. The van der Waals surface area contributed by atoms with E-state index in [9.17, 15) is 9.59 Å². The molecule has 0 saturated heterocycles. The predicted octanol–water partition coefficient (Wildman–Crippen LogP) is 4.74. The van der Waals surface area contributed by atoms with Crippen LogP contribution in [0.15, 0.2) is 76.3 Å². The molecule has 5 nitrogen and oxygen atoms in total. The number of amides is 2. The van der Waals surface area contributed by atoms with Crippen molar-refractivity contribution in [1.29, 1.82) is 0 Å². The Hall–Kier alpha value is -2.99. The van der Waals surface area contributed by atoms with Crippen molar-refractivity contribution in [2.75, 3.05) is 5.32 Å². The van der Waals surface area contributed by atoms with Gasteiger partial charge in [0.05, 0.1) is 12.0 Å². The summed E-state index contributed by atoms with van der Waals surface area (Å²) in [6.45, 7) is 1.70. The van der Waals surface area contributed by atoms with E-state index in [-0.39, 0.29) is 18.2 Å². The van der Waals surface area contributed by atoms with Crippen LogP contribution in [0, 0.1) is 0 Å². The summed E-state index contributed by atoms with van der Waals surface area (Å²) in [5.41, 5.74) is 4.22. The molecule has 3 rings (SSSR count). The van der Waals surface area contributed by atoms with Crippen molar-refractivity contribution in [3.8, 4) is 0 Å². The zero-order valence-electron chi connectivity index (χ0n) is 14.7. The Balaban J connectivity index is 1.62. The lowest BCUT2D eigenvalue weighted by Gasteiger charge is -2.09. The summed E-state index contributed by atoms with van der Waals surface area (Å²) < 4.78 is 0.684. The standard InChI is InChI=1S/C21H18BrN3O2/c1-14(24-25-21(27)17-10-4-5-11-18(17)22)13-20(26)23-19-12-6-8-15-7-2-3-9-16(15)19/h2-12H,13H2,1H3,(H,23,26)(H,25,27). The molecule has 27 heavy (non-hydrogen) atoms. The molecule has 0 spiro atoms. The van der Waals surface area contributed by atoms with Gasteiger partial charge in [-0.25, -0.2) is 5.43 Å². The van der Waals surface area contributed by atoms with Gasteiger partial charge >= 0.3 is 0 Å². The predicted molar refractivity (Wildman–Crippen MR) is 112 cm³/mol. The maximum absolute atomic E-state index is 12.3. The van der Waals surface area contributed by atoms with Crippen LogP contribution in [0.5, 0.6) is 0 Å². The van der Waals surface area contributed by atoms with Crippen LogP contribution in [0.2, 0.25) is 0 Å². The lowest BCUT2D eigenvalue weighted by atomic mass is 10.1. The van der Waals surface area contributed by atoms with Crippen molar-refractivity contribution >= 4 is 49.9 Å². The number of benzene rings is 3. The van der Waals surface area contributed by atoms with E-state index in [2.05, 4.69) is 31.8 Å². The number of carbonyl (C=O) groups is 2. The van der Waals surface area contributed by atoms with Gasteiger partial charge in [-0.2, -0.15) is 5.10 Å². The third-order valence-corrected chi connectivity index (χ3v) is 4.64. The molecule has 0 heterocycles. The zero-order valence-corrected chi connectivity index (χ0v) is 16.3. The van der Waals surface area contributed by atoms with Gasteiger partial charge < -0.3 is 5.32 Å². The van der Waals surface area contributed by atoms with Crippen molar-refractivity contribution in [3.63, 3.8) is 0 Å². The molecule has 3 aromatic carbocycles. The molecule has 136 valence electrons. The summed E-state index contributed by atoms with van der Waals surface area (Å²) in [6, 6.07) is 20.7. The molecule has 0 atom stereocenters. The lowest BCUT2D eigenvalue weighted by molar-refractivity contribution is -0.115. The number of fused-ring (bicyclic) bond motifs is 1. The fourth-order valence-corrected chi connectivity index (χ4v) is 3.12. The largest absolute Gasteiger partial charge is 0.325 e. The lowest BCUT2D eigenvalue weighted by Crippen LogP contribution is -2.21. The first-order chi connectivity index (χ1) is 13.0. The Kier molecular flexibility index (Phi) is 5.98. The van der Waals surface area contributed by atoms with E-state index in [0.29, 0.717) is 15.7 Å². The van der Waals surface area contributed by atoms with Crippen molar-refractivity contribution in [1.82, 2.24) is 5.43 Å². The molecule has 2 N–H and O–H groups in total. The average Bonchev–Trinajstić information content (AvgIpc) is 2.67. The average molecular weight is 424 g/mol. The van der Waals surface area contributed by atoms with Gasteiger partial charge in [0.25, 0.3) is 5.91 Å². The quantitative estimate of drug-likeness (QED) is 0.459. The van der Waals surface area contributed by atoms with Crippen LogP contribution in [-0.2, 0) is 4.79 Å². The van der Waals surface area contributed by atoms with Crippen LogP contribution in [0.3, 0.4) is 0 Å². The molecule has 2 amide bonds. The Morgan fingerprint density at radius 2 is 1.67 bits per heavy atom. The number of hydrogen-bond donors (Lipinski definition) is 2. The first-order valence-corrected chi connectivity index (χ1v) is 9.19. The van der Waals surface area contributed by atoms with Crippen LogP contribution in [0.25, 0.3) is 10.8 Å². The van der Waals surface area contributed by atoms with E-state index in [0.717, 1.165) is 16.5 Å². The minimum absolute atomic E-state index is 0.0828. The second kappa shape index (κ2) is 8.60. The molecule has 0 bridgehead atoms. The first-order valence-electron chi connectivity index (χ1n) is 8.40. The molecule has 3 aromatic rings. The van der Waals surface area contributed by atoms with Gasteiger partial charge in [0, 0.05) is 21.3 Å². The highest BCUT2D eigenvalue weighted by molar-refractivity contribution is 9.10. The van der Waals surface area contributed by atoms with E-state index < -0.39 is 0 Å². The number of carbonyl (C=O) groups excluding carboxylic acids is 2. The highest BCUT2D eigenvalue weighted by Crippen LogP contribution is 2.23. The van der Waals surface area contributed by atoms with Crippen LogP contribution in [0.4, 0.5) is 5.69 Å². The molecule has 0 unspecified atom stereocenters. The Morgan fingerprint density at radius 1 is 0.963 bits per heavy atom. The van der Waals surface area contributed by atoms with Crippen molar-refractivity contribution < 1.29 is 9.59 Å². The summed E-state index contributed by atoms with van der Waals surface area (Å²) in [6.07, 6.45) is 0.0828. The van der Waals surface area contributed by atoms with Gasteiger partial charge in [0.2, 0.25) is 5.91 Å². The summed E-state index contributed by atoms with van der Waals surface area (Å²) in [7, 11) is 0. The Bertz CT molecular complexity index is 1030. The van der Waals surface area contributed by atoms with Gasteiger partial charge in [0.1, 0.15) is 0 Å². The van der Waals surface area contributed by atoms with Crippen LogP contribution in [0.1, 0.15) is 23.7 Å². The summed E-state index contributed by atoms with van der Waals surface area (Å²) in [5.74, 6) is -0.529. The van der Waals surface area contributed by atoms with E-state index in [1.807, 2.05) is 48.5 Å². The topological polar surface area (TPSA) is 70.6 Å². The maximum Gasteiger partial charge on any atom is 0.272 e. The highest BCUT2D eigenvalue weighted by atomic mass is 79.9. The van der Waals surface area contributed by atoms with E-state index >= 15 is 0 Å². The molecule has 6 heteroatoms. The maximum atomic E-state index is 12.3. The number of rotatable bonds is 5. The number of anilines is 1. The number of hydrazone groups is 1. The third-order valence-electron chi connectivity index (χ3n) is 3.95. The monoisotopic (exact) mass is 423 g/mol. The molecule has 0 aliphatic rings. The van der Waals surface area contributed by atoms with Crippen LogP contribution in [-0.4, -0.2) is 17.5 Å². The summed E-state index contributed by atoms with van der Waals surface area (Å²) >= 11 is 3.33. The summed E-state index contributed by atoms with van der Waals surface area (Å²) in [4.78, 5) is 24.5. The summed E-state index contributed by atoms with van der Waals surface area (Å²) in [5, 5.41) is 8.96. The third kappa shape index (κ3) is 4.80. The van der Waals surface area contributed by atoms with Gasteiger partial charge in [-0.05, 0) is 46.4 Å². The van der Waals surface area contributed by atoms with Crippen molar-refractivity contribution in [2.24, 2.45) is 5.10 Å². The van der Waals surface area contributed by atoms with E-state index in [1.54, 1.807) is 25.1 Å². The van der Waals surface area contributed by atoms with Gasteiger partial charge in [-0.15, -0.1) is 0 Å². The number of nitrogens with zero attached hydrogens (tertiary/aromatic N) is 1. The normalized spacial score (nSPS) is 11.3. The molecular weight excluding hydrogens is 406 g/mol. The zero-order chi connectivity index (χ0) is 19.2. The molecule has 0 aromatic heterocycles. The smallest absolute Gasteiger partial charge is 0.272 e. The van der Waals surface area contributed by atoms with Gasteiger partial charge in [-0.3, -0.25) is 9.59 Å². The second-order valence-electron chi connectivity index (χ2n) is 6.02. The SMILES string of the molecule is CC(CC(=O)Nc1cccc2ccccc12)=NNC(=O)c1ccccc1Br. The van der Waals surface area contributed by atoms with E-state index in [1.165, 1.54) is 0 Å². The molecule has 0 aliphatic carbocycles. The van der Waals surface area contributed by atoms with Crippen molar-refractivity contribution in [3.05, 3.63) is 76.8 Å². The minimum Gasteiger partial charge on any atom is -0.325 e. The minimum atomic E-state index is -0.337. The highest BCUT2D eigenvalue weighted by Gasteiger charge is 2.10. The first kappa shape index (κ1) is 18.8. The fourth-order valence-electron chi connectivity index (χ4n) is 2.65. The number of nitrogens with one attached hydrogen (secondary N) is 2. The molecule has 0 aliphatic heterocycles. The molecule has 0 radical (unpaired) electrons.